The van der Waals surface area contributed by atoms with Gasteiger partial charge in [0.25, 0.3) is 0 Å². The van der Waals surface area contributed by atoms with E-state index < -0.39 is 0 Å². The maximum Gasteiger partial charge on any atom is 0.0596 e. The molecule has 2 nitrogen and oxygen atoms in total. The molecule has 0 saturated heterocycles. The molecule has 0 aromatic heterocycles. The molecule has 0 saturated carbocycles. The Labute approximate surface area is 69.1 Å². The number of hydrogen-bond acceptors (Lipinski definition) is 2. The molecular weight excluding hydrogens is 136 g/mol. The molecule has 1 aliphatic rings. The number of aliphatic imine (C=N–C) groups is 1. The van der Waals surface area contributed by atoms with E-state index >= 15 is 0 Å². The Morgan fingerprint density at radius 3 is 2.82 bits per heavy atom. The lowest BCUT2D eigenvalue weighted by Gasteiger charge is -2.26. The third-order valence-electron chi connectivity index (χ3n) is 2.22. The molecule has 1 heterocycles. The van der Waals surface area contributed by atoms with Gasteiger partial charge >= 0.3 is 0 Å². The highest BCUT2D eigenvalue weighted by atomic mass is 15.0. The Balaban J connectivity index is 2.63. The molecule has 0 aromatic carbocycles. The van der Waals surface area contributed by atoms with Crippen LogP contribution in [0.25, 0.3) is 0 Å². The Morgan fingerprint density at radius 2 is 2.27 bits per heavy atom. The first-order valence-corrected chi connectivity index (χ1v) is 4.57. The summed E-state index contributed by atoms with van der Waals surface area (Å²) in [5.74, 6) is 0. The van der Waals surface area contributed by atoms with Crippen molar-refractivity contribution in [1.82, 2.24) is 5.32 Å². The monoisotopic (exact) mass is 154 g/mol. The van der Waals surface area contributed by atoms with Gasteiger partial charge in [-0.1, -0.05) is 13.8 Å². The molecule has 2 unspecified atom stereocenters. The van der Waals surface area contributed by atoms with Crippen molar-refractivity contribution in [2.24, 2.45) is 4.99 Å². The van der Waals surface area contributed by atoms with Crippen molar-refractivity contribution in [3.8, 4) is 0 Å². The molecule has 0 spiro atoms. The van der Waals surface area contributed by atoms with Crippen molar-refractivity contribution >= 4 is 5.71 Å². The molecule has 2 atom stereocenters. The van der Waals surface area contributed by atoms with Crippen molar-refractivity contribution in [3.05, 3.63) is 0 Å². The van der Waals surface area contributed by atoms with Gasteiger partial charge in [-0.05, 0) is 19.8 Å². The second kappa shape index (κ2) is 3.86. The Hall–Kier alpha value is -0.370. The summed E-state index contributed by atoms with van der Waals surface area (Å²) >= 11 is 0. The van der Waals surface area contributed by atoms with Crippen LogP contribution in [0.3, 0.4) is 0 Å². The predicted octanol–water partition coefficient (Wildman–Crippen LogP) is 1.61. The Bertz CT molecular complexity index is 152. The molecule has 0 fully saturated rings. The summed E-state index contributed by atoms with van der Waals surface area (Å²) in [5, 5.41) is 3.49. The van der Waals surface area contributed by atoms with E-state index in [2.05, 4.69) is 31.1 Å². The molecule has 11 heavy (non-hydrogen) atoms. The van der Waals surface area contributed by atoms with E-state index in [0.717, 1.165) is 13.0 Å². The summed E-state index contributed by atoms with van der Waals surface area (Å²) in [7, 11) is 0. The van der Waals surface area contributed by atoms with Gasteiger partial charge < -0.3 is 5.32 Å². The first-order chi connectivity index (χ1) is 5.27. The van der Waals surface area contributed by atoms with Crippen LogP contribution < -0.4 is 5.32 Å². The lowest BCUT2D eigenvalue weighted by atomic mass is 10.0. The summed E-state index contributed by atoms with van der Waals surface area (Å²) in [5.41, 5.74) is 1.35. The minimum Gasteiger partial charge on any atom is -0.307 e. The van der Waals surface area contributed by atoms with Crippen LogP contribution in [0.2, 0.25) is 0 Å². The molecule has 1 aliphatic heterocycles. The summed E-state index contributed by atoms with van der Waals surface area (Å²) in [4.78, 5) is 4.61. The molecular formula is C9H18N2. The molecule has 0 radical (unpaired) electrons. The minimum atomic E-state index is 0.479. The van der Waals surface area contributed by atoms with Gasteiger partial charge in [-0.15, -0.1) is 0 Å². The van der Waals surface area contributed by atoms with Gasteiger partial charge in [-0.2, -0.15) is 0 Å². The second-order valence-electron chi connectivity index (χ2n) is 3.19. The molecule has 0 aromatic rings. The number of nitrogens with zero attached hydrogens (tertiary/aromatic N) is 1. The predicted molar refractivity (Wildman–Crippen MR) is 49.3 cm³/mol. The molecule has 0 amide bonds. The van der Waals surface area contributed by atoms with Crippen LogP contribution in [0.1, 0.15) is 33.6 Å². The first kappa shape index (κ1) is 8.72. The molecule has 0 bridgehead atoms. The maximum atomic E-state index is 4.61. The van der Waals surface area contributed by atoms with Crippen LogP contribution in [0, 0.1) is 0 Å². The maximum absolute atomic E-state index is 4.61. The average Bonchev–Trinajstić information content (AvgIpc) is 2.04. The normalized spacial score (nSPS) is 31.7. The van der Waals surface area contributed by atoms with Crippen LogP contribution in [-0.2, 0) is 0 Å². The zero-order chi connectivity index (χ0) is 8.27. The smallest absolute Gasteiger partial charge is 0.0596 e. The SMILES string of the molecule is CCC1=NC(C)CNC1CC. The van der Waals surface area contributed by atoms with Gasteiger partial charge in [0.15, 0.2) is 0 Å². The third-order valence-corrected chi connectivity index (χ3v) is 2.22. The van der Waals surface area contributed by atoms with Crippen molar-refractivity contribution in [2.75, 3.05) is 6.54 Å². The summed E-state index contributed by atoms with van der Waals surface area (Å²) in [6.45, 7) is 7.59. The largest absolute Gasteiger partial charge is 0.307 e. The van der Waals surface area contributed by atoms with Crippen molar-refractivity contribution in [3.63, 3.8) is 0 Å². The van der Waals surface area contributed by atoms with Gasteiger partial charge in [-0.25, -0.2) is 0 Å². The lowest BCUT2D eigenvalue weighted by Crippen LogP contribution is -2.44. The van der Waals surface area contributed by atoms with Gasteiger partial charge in [0.05, 0.1) is 6.04 Å². The van der Waals surface area contributed by atoms with Crippen molar-refractivity contribution in [1.29, 1.82) is 0 Å². The first-order valence-electron chi connectivity index (χ1n) is 4.57. The van der Waals surface area contributed by atoms with E-state index in [-0.39, 0.29) is 0 Å². The standard InChI is InChI=1S/C9H18N2/c1-4-8-9(5-2)11-7(3)6-10-8/h7-8,10H,4-6H2,1-3H3. The van der Waals surface area contributed by atoms with Gasteiger partial charge in [0.2, 0.25) is 0 Å². The van der Waals surface area contributed by atoms with Gasteiger partial charge in [0.1, 0.15) is 0 Å². The fourth-order valence-corrected chi connectivity index (χ4v) is 1.57. The molecule has 0 aliphatic carbocycles. The van der Waals surface area contributed by atoms with Crippen molar-refractivity contribution < 1.29 is 0 Å². The quantitative estimate of drug-likeness (QED) is 0.642. The van der Waals surface area contributed by atoms with E-state index in [1.807, 2.05) is 0 Å². The zero-order valence-corrected chi connectivity index (χ0v) is 7.72. The summed E-state index contributed by atoms with van der Waals surface area (Å²) in [6, 6.07) is 1.03. The highest BCUT2D eigenvalue weighted by Gasteiger charge is 2.17. The average molecular weight is 154 g/mol. The molecule has 1 N–H and O–H groups in total. The van der Waals surface area contributed by atoms with E-state index in [4.69, 9.17) is 0 Å². The van der Waals surface area contributed by atoms with Crippen LogP contribution in [-0.4, -0.2) is 24.3 Å². The van der Waals surface area contributed by atoms with E-state index in [1.165, 1.54) is 12.1 Å². The Kier molecular flexibility index (Phi) is 3.06. The van der Waals surface area contributed by atoms with Crippen LogP contribution in [0.4, 0.5) is 0 Å². The zero-order valence-electron chi connectivity index (χ0n) is 7.72. The highest BCUT2D eigenvalue weighted by molar-refractivity contribution is 5.90. The second-order valence-corrected chi connectivity index (χ2v) is 3.19. The van der Waals surface area contributed by atoms with Crippen LogP contribution >= 0.6 is 0 Å². The fraction of sp³-hybridized carbons (Fsp3) is 0.889. The molecule has 64 valence electrons. The van der Waals surface area contributed by atoms with E-state index in [9.17, 15) is 0 Å². The molecule has 2 heteroatoms. The van der Waals surface area contributed by atoms with E-state index in [0.29, 0.717) is 12.1 Å². The summed E-state index contributed by atoms with van der Waals surface area (Å²) in [6.07, 6.45) is 2.26. The summed E-state index contributed by atoms with van der Waals surface area (Å²) < 4.78 is 0. The van der Waals surface area contributed by atoms with Gasteiger partial charge in [0, 0.05) is 18.3 Å². The number of nitrogens with one attached hydrogen (secondary N) is 1. The molecule has 1 rings (SSSR count). The number of hydrogen-bond donors (Lipinski definition) is 1. The lowest BCUT2D eigenvalue weighted by molar-refractivity contribution is 0.520. The number of rotatable bonds is 2. The minimum absolute atomic E-state index is 0.479. The van der Waals surface area contributed by atoms with Crippen LogP contribution in [0.15, 0.2) is 4.99 Å². The van der Waals surface area contributed by atoms with Gasteiger partial charge in [-0.3, -0.25) is 4.99 Å². The topological polar surface area (TPSA) is 24.4 Å². The van der Waals surface area contributed by atoms with E-state index in [1.54, 1.807) is 0 Å². The Morgan fingerprint density at radius 1 is 1.55 bits per heavy atom. The van der Waals surface area contributed by atoms with Crippen molar-refractivity contribution in [2.45, 2.75) is 45.7 Å². The third kappa shape index (κ3) is 2.03. The van der Waals surface area contributed by atoms with Crippen LogP contribution in [0.5, 0.6) is 0 Å². The fourth-order valence-electron chi connectivity index (χ4n) is 1.57. The highest BCUT2D eigenvalue weighted by Crippen LogP contribution is 2.07.